The molecule has 126 valence electrons. The van der Waals surface area contributed by atoms with Crippen molar-refractivity contribution in [2.45, 2.75) is 11.9 Å². The average Bonchev–Trinajstić information content (AvgIpc) is 2.87. The topological polar surface area (TPSA) is 43.4 Å². The average molecular weight is 372 g/mol. The Morgan fingerprint density at radius 1 is 1.12 bits per heavy atom. The van der Waals surface area contributed by atoms with Gasteiger partial charge < -0.3 is 4.18 Å². The van der Waals surface area contributed by atoms with E-state index in [1.807, 2.05) is 12.1 Å². The van der Waals surface area contributed by atoms with Gasteiger partial charge in [0.25, 0.3) is 0 Å². The Morgan fingerprint density at radius 3 is 2.50 bits per heavy atom. The van der Waals surface area contributed by atoms with Crippen molar-refractivity contribution in [2.75, 3.05) is 0 Å². The fourth-order valence-electron chi connectivity index (χ4n) is 2.37. The van der Waals surface area contributed by atoms with Crippen LogP contribution in [0.15, 0.2) is 49.1 Å². The number of halogens is 3. The van der Waals surface area contributed by atoms with Gasteiger partial charge >= 0.3 is 15.6 Å². The molecule has 24 heavy (non-hydrogen) atoms. The molecule has 0 aliphatic heterocycles. The molecule has 1 heterocycles. The zero-order valence-corrected chi connectivity index (χ0v) is 13.8. The number of fused-ring (bicyclic) bond motifs is 3. The Labute approximate surface area is 140 Å². The molecule has 0 radical (unpaired) electrons. The molecule has 0 N–H and O–H groups in total. The van der Waals surface area contributed by atoms with E-state index in [1.165, 1.54) is 17.4 Å². The zero-order valence-electron chi connectivity index (χ0n) is 12.1. The highest BCUT2D eigenvalue weighted by Gasteiger charge is 2.49. The van der Waals surface area contributed by atoms with Gasteiger partial charge in [0.2, 0.25) is 0 Å². The molecule has 0 fully saturated rings. The summed E-state index contributed by atoms with van der Waals surface area (Å²) >= 11 is 1.19. The van der Waals surface area contributed by atoms with Gasteiger partial charge in [-0.05, 0) is 12.5 Å². The van der Waals surface area contributed by atoms with Crippen LogP contribution in [0.5, 0.6) is 5.75 Å². The summed E-state index contributed by atoms with van der Waals surface area (Å²) in [6.45, 7) is 3.54. The molecule has 3 rings (SSSR count). The summed E-state index contributed by atoms with van der Waals surface area (Å²) in [7, 11) is -5.75. The highest BCUT2D eigenvalue weighted by Crippen LogP contribution is 2.43. The third kappa shape index (κ3) is 2.76. The van der Waals surface area contributed by atoms with E-state index >= 15 is 0 Å². The van der Waals surface area contributed by atoms with E-state index in [4.69, 9.17) is 0 Å². The van der Waals surface area contributed by atoms with Crippen molar-refractivity contribution in [1.29, 1.82) is 0 Å². The Balaban J connectivity index is 2.30. The third-order valence-electron chi connectivity index (χ3n) is 3.42. The van der Waals surface area contributed by atoms with Crippen LogP contribution in [0.4, 0.5) is 13.2 Å². The van der Waals surface area contributed by atoms with Gasteiger partial charge in [0, 0.05) is 21.0 Å². The lowest BCUT2D eigenvalue weighted by Gasteiger charge is -2.13. The Morgan fingerprint density at radius 2 is 1.83 bits per heavy atom. The highest BCUT2D eigenvalue weighted by atomic mass is 32.2. The molecule has 1 aromatic heterocycles. The van der Waals surface area contributed by atoms with Gasteiger partial charge in [0.1, 0.15) is 0 Å². The molecule has 3 nitrogen and oxygen atoms in total. The van der Waals surface area contributed by atoms with Gasteiger partial charge in [0.15, 0.2) is 5.75 Å². The second-order valence-electron chi connectivity index (χ2n) is 5.00. The molecule has 8 heteroatoms. The van der Waals surface area contributed by atoms with Crippen molar-refractivity contribution < 1.29 is 25.8 Å². The summed E-state index contributed by atoms with van der Waals surface area (Å²) in [6.07, 6.45) is 1.66. The van der Waals surface area contributed by atoms with Crippen molar-refractivity contribution in [3.63, 3.8) is 0 Å². The number of rotatable bonds is 4. The maximum atomic E-state index is 12.7. The SMILES string of the molecule is C=CCc1ccc2c(sc3ccccc32)c1OS(=O)(=O)C(F)(F)F. The van der Waals surface area contributed by atoms with Crippen LogP contribution in [0.25, 0.3) is 20.2 Å². The fourth-order valence-corrected chi connectivity index (χ4v) is 4.13. The molecule has 0 unspecified atom stereocenters. The van der Waals surface area contributed by atoms with Gasteiger partial charge in [-0.3, -0.25) is 0 Å². The summed E-state index contributed by atoms with van der Waals surface area (Å²) in [6, 6.07) is 10.6. The van der Waals surface area contributed by atoms with Crippen molar-refractivity contribution in [3.05, 3.63) is 54.6 Å². The largest absolute Gasteiger partial charge is 0.534 e. The third-order valence-corrected chi connectivity index (χ3v) is 5.56. The predicted octanol–water partition coefficient (Wildman–Crippen LogP) is 5.01. The maximum Gasteiger partial charge on any atom is 0.534 e. The van der Waals surface area contributed by atoms with Crippen molar-refractivity contribution in [2.24, 2.45) is 0 Å². The molecule has 0 saturated heterocycles. The quantitative estimate of drug-likeness (QED) is 0.367. The first-order valence-electron chi connectivity index (χ1n) is 6.79. The van der Waals surface area contributed by atoms with E-state index in [1.54, 1.807) is 24.3 Å². The number of alkyl halides is 3. The molecule has 0 amide bonds. The zero-order chi connectivity index (χ0) is 17.5. The van der Waals surface area contributed by atoms with Crippen LogP contribution >= 0.6 is 11.3 Å². The van der Waals surface area contributed by atoms with Crippen LogP contribution in [0.2, 0.25) is 0 Å². The summed E-state index contributed by atoms with van der Waals surface area (Å²) < 4.78 is 66.8. The van der Waals surface area contributed by atoms with E-state index < -0.39 is 15.6 Å². The number of allylic oxidation sites excluding steroid dienone is 1. The van der Waals surface area contributed by atoms with Crippen molar-refractivity contribution >= 4 is 41.6 Å². The van der Waals surface area contributed by atoms with Crippen LogP contribution in [-0.4, -0.2) is 13.9 Å². The Kier molecular flexibility index (Phi) is 4.05. The molecular weight excluding hydrogens is 361 g/mol. The molecule has 0 aliphatic carbocycles. The van der Waals surface area contributed by atoms with Crippen molar-refractivity contribution in [1.82, 2.24) is 0 Å². The minimum atomic E-state index is -5.75. The van der Waals surface area contributed by atoms with E-state index in [-0.39, 0.29) is 12.2 Å². The lowest BCUT2D eigenvalue weighted by Crippen LogP contribution is -2.28. The highest BCUT2D eigenvalue weighted by molar-refractivity contribution is 7.88. The predicted molar refractivity (Wildman–Crippen MR) is 88.8 cm³/mol. The molecule has 0 saturated carbocycles. The first-order chi connectivity index (χ1) is 11.2. The molecule has 0 bridgehead atoms. The van der Waals surface area contributed by atoms with Crippen LogP contribution in [-0.2, 0) is 16.5 Å². The molecular formula is C16H11F3O3S2. The van der Waals surface area contributed by atoms with Gasteiger partial charge in [-0.2, -0.15) is 21.6 Å². The minimum absolute atomic E-state index is 0.187. The fraction of sp³-hybridized carbons (Fsp3) is 0.125. The lowest BCUT2D eigenvalue weighted by molar-refractivity contribution is -0.0499. The van der Waals surface area contributed by atoms with Crippen molar-refractivity contribution in [3.8, 4) is 5.75 Å². The van der Waals surface area contributed by atoms with Crippen LogP contribution < -0.4 is 4.18 Å². The molecule has 0 atom stereocenters. The lowest BCUT2D eigenvalue weighted by atomic mass is 10.1. The number of benzene rings is 2. The standard InChI is InChI=1S/C16H11F3O3S2/c1-2-5-10-8-9-12-11-6-3-4-7-13(11)23-15(12)14(10)22-24(20,21)16(17,18)19/h2-4,6-9H,1,5H2. The number of hydrogen-bond acceptors (Lipinski definition) is 4. The number of hydrogen-bond donors (Lipinski definition) is 0. The minimum Gasteiger partial charge on any atom is -0.374 e. The Hall–Kier alpha value is -2.06. The normalized spacial score (nSPS) is 12.6. The first-order valence-corrected chi connectivity index (χ1v) is 9.02. The second-order valence-corrected chi connectivity index (χ2v) is 7.59. The molecule has 0 spiro atoms. The summed E-state index contributed by atoms with van der Waals surface area (Å²) in [5.41, 5.74) is -5.16. The summed E-state index contributed by atoms with van der Waals surface area (Å²) in [5, 5.41) is 1.48. The van der Waals surface area contributed by atoms with E-state index in [0.717, 1.165) is 10.1 Å². The Bertz CT molecular complexity index is 1030. The number of thiophene rings is 1. The van der Waals surface area contributed by atoms with Gasteiger partial charge in [-0.15, -0.1) is 17.9 Å². The maximum absolute atomic E-state index is 12.7. The second kappa shape index (κ2) is 5.78. The van der Waals surface area contributed by atoms with Gasteiger partial charge in [-0.25, -0.2) is 0 Å². The van der Waals surface area contributed by atoms with Crippen LogP contribution in [0.3, 0.4) is 0 Å². The van der Waals surface area contributed by atoms with Crippen LogP contribution in [0.1, 0.15) is 5.56 Å². The summed E-state index contributed by atoms with van der Waals surface area (Å²) in [4.78, 5) is 0. The van der Waals surface area contributed by atoms with E-state index in [2.05, 4.69) is 10.8 Å². The van der Waals surface area contributed by atoms with E-state index in [9.17, 15) is 21.6 Å². The molecule has 2 aromatic carbocycles. The monoisotopic (exact) mass is 372 g/mol. The van der Waals surface area contributed by atoms with E-state index in [0.29, 0.717) is 15.6 Å². The van der Waals surface area contributed by atoms with Crippen LogP contribution in [0, 0.1) is 0 Å². The van der Waals surface area contributed by atoms with Gasteiger partial charge in [0.05, 0.1) is 4.70 Å². The smallest absolute Gasteiger partial charge is 0.374 e. The summed E-state index contributed by atoms with van der Waals surface area (Å²) in [5.74, 6) is -0.286. The first kappa shape index (κ1) is 16.8. The molecule has 3 aromatic rings. The molecule has 0 aliphatic rings. The van der Waals surface area contributed by atoms with Gasteiger partial charge in [-0.1, -0.05) is 36.4 Å².